The molecule has 4 aromatic rings. The number of hydrogen-bond acceptors (Lipinski definition) is 6. The Hall–Kier alpha value is -3.57. The molecule has 8 nitrogen and oxygen atoms in total. The third-order valence-electron chi connectivity index (χ3n) is 4.61. The number of ether oxygens (including phenoxy) is 1. The fraction of sp³-hybridized carbons (Fsp3) is 0.143. The minimum atomic E-state index is -3.82. The summed E-state index contributed by atoms with van der Waals surface area (Å²) in [6, 6.07) is 14.7. The van der Waals surface area contributed by atoms with E-state index < -0.39 is 29.1 Å². The third-order valence-corrected chi connectivity index (χ3v) is 6.03. The maximum Gasteiger partial charge on any atom is 0.338 e. The summed E-state index contributed by atoms with van der Waals surface area (Å²) in [5.41, 5.74) is 0.648. The number of furan rings is 1. The van der Waals surface area contributed by atoms with Crippen molar-refractivity contribution in [1.29, 1.82) is 0 Å². The van der Waals surface area contributed by atoms with Crippen molar-refractivity contribution < 1.29 is 31.1 Å². The van der Waals surface area contributed by atoms with Gasteiger partial charge in [-0.3, -0.25) is 4.57 Å². The predicted molar refractivity (Wildman–Crippen MR) is 109 cm³/mol. The Labute approximate surface area is 181 Å². The number of benzene rings is 2. The van der Waals surface area contributed by atoms with Gasteiger partial charge in [0.15, 0.2) is 5.82 Å². The van der Waals surface area contributed by atoms with Gasteiger partial charge in [0.25, 0.3) is 0 Å². The number of hydrogen-bond donors (Lipinski definition) is 1. The molecule has 32 heavy (non-hydrogen) atoms. The summed E-state index contributed by atoms with van der Waals surface area (Å²) in [5, 5.41) is 0. The zero-order valence-corrected chi connectivity index (χ0v) is 17.3. The fourth-order valence-corrected chi connectivity index (χ4v) is 4.05. The number of fused-ring (bicyclic) bond motifs is 1. The number of halogens is 2. The van der Waals surface area contributed by atoms with Crippen molar-refractivity contribution in [3.63, 3.8) is 0 Å². The molecule has 0 aliphatic carbocycles. The lowest BCUT2D eigenvalue weighted by molar-refractivity contribution is 0.0387. The number of para-hydroxylation sites is 2. The summed E-state index contributed by atoms with van der Waals surface area (Å²) < 4.78 is 64.9. The van der Waals surface area contributed by atoms with Crippen molar-refractivity contribution >= 4 is 27.0 Å². The number of esters is 1. The van der Waals surface area contributed by atoms with E-state index in [0.717, 1.165) is 0 Å². The van der Waals surface area contributed by atoms with Crippen molar-refractivity contribution in [3.05, 3.63) is 84.1 Å². The van der Waals surface area contributed by atoms with Crippen LogP contribution in [-0.2, 0) is 27.9 Å². The van der Waals surface area contributed by atoms with Gasteiger partial charge >= 0.3 is 12.5 Å². The molecule has 2 aromatic carbocycles. The van der Waals surface area contributed by atoms with Crippen LogP contribution in [0.1, 0.15) is 28.5 Å². The van der Waals surface area contributed by atoms with Gasteiger partial charge in [-0.25, -0.2) is 22.9 Å². The van der Waals surface area contributed by atoms with Gasteiger partial charge in [-0.1, -0.05) is 12.1 Å². The van der Waals surface area contributed by atoms with Crippen LogP contribution >= 0.6 is 0 Å². The first-order chi connectivity index (χ1) is 15.3. The van der Waals surface area contributed by atoms with Gasteiger partial charge in [-0.15, -0.1) is 0 Å². The normalized spacial score (nSPS) is 11.8. The first-order valence-electron chi connectivity index (χ1n) is 9.38. The maximum atomic E-state index is 13.5. The van der Waals surface area contributed by atoms with Gasteiger partial charge in [0.1, 0.15) is 12.4 Å². The van der Waals surface area contributed by atoms with Crippen LogP contribution in [0.5, 0.6) is 0 Å². The predicted octanol–water partition coefficient (Wildman–Crippen LogP) is 3.86. The first kappa shape index (κ1) is 21.7. The molecule has 11 heteroatoms. The zero-order valence-electron chi connectivity index (χ0n) is 16.4. The average molecular weight is 461 g/mol. The van der Waals surface area contributed by atoms with E-state index in [1.54, 1.807) is 30.3 Å². The van der Waals surface area contributed by atoms with E-state index in [1.807, 2.05) is 0 Å². The van der Waals surface area contributed by atoms with E-state index in [1.165, 1.54) is 36.6 Å². The maximum absolute atomic E-state index is 13.5. The highest BCUT2D eigenvalue weighted by Gasteiger charge is 2.20. The number of imidazole rings is 1. The van der Waals surface area contributed by atoms with Crippen LogP contribution in [-0.4, -0.2) is 23.9 Å². The third kappa shape index (κ3) is 4.53. The Morgan fingerprint density at radius 3 is 2.53 bits per heavy atom. The lowest BCUT2D eigenvalue weighted by Gasteiger charge is -2.09. The Balaban J connectivity index is 1.43. The van der Waals surface area contributed by atoms with Crippen molar-refractivity contribution in [1.82, 2.24) is 14.3 Å². The van der Waals surface area contributed by atoms with Crippen LogP contribution in [0.2, 0.25) is 0 Å². The SMILES string of the molecule is O=C(OCc1nc2ccccc2n1C(F)F)c1ccc(S(=O)(=O)NCc2ccco2)cc1. The van der Waals surface area contributed by atoms with Crippen LogP contribution in [0.15, 0.2) is 76.2 Å². The molecule has 0 spiro atoms. The molecular weight excluding hydrogens is 444 g/mol. The van der Waals surface area contributed by atoms with E-state index >= 15 is 0 Å². The van der Waals surface area contributed by atoms with Crippen molar-refractivity contribution in [3.8, 4) is 0 Å². The number of nitrogens with one attached hydrogen (secondary N) is 1. The number of sulfonamides is 1. The molecule has 0 saturated carbocycles. The molecule has 0 aliphatic heterocycles. The second kappa shape index (κ2) is 8.89. The van der Waals surface area contributed by atoms with Crippen LogP contribution in [0, 0.1) is 0 Å². The summed E-state index contributed by atoms with van der Waals surface area (Å²) in [7, 11) is -3.82. The topological polar surface area (TPSA) is 103 Å². The summed E-state index contributed by atoms with van der Waals surface area (Å²) >= 11 is 0. The van der Waals surface area contributed by atoms with E-state index in [4.69, 9.17) is 9.15 Å². The van der Waals surface area contributed by atoms with Crippen LogP contribution in [0.3, 0.4) is 0 Å². The van der Waals surface area contributed by atoms with Gasteiger partial charge in [0, 0.05) is 0 Å². The molecule has 0 saturated heterocycles. The number of aromatic nitrogens is 2. The molecule has 0 fully saturated rings. The van der Waals surface area contributed by atoms with Crippen LogP contribution in [0.4, 0.5) is 8.78 Å². The molecule has 0 aliphatic rings. The second-order valence-corrected chi connectivity index (χ2v) is 8.44. The number of rotatable bonds is 8. The van der Waals surface area contributed by atoms with Crippen LogP contribution in [0.25, 0.3) is 11.0 Å². The fourth-order valence-electron chi connectivity index (χ4n) is 3.06. The number of nitrogens with zero attached hydrogens (tertiary/aromatic N) is 2. The van der Waals surface area contributed by atoms with Gasteiger partial charge in [-0.05, 0) is 48.5 Å². The molecule has 0 atom stereocenters. The number of carbonyl (C=O) groups excluding carboxylic acids is 1. The van der Waals surface area contributed by atoms with Gasteiger partial charge in [-0.2, -0.15) is 8.78 Å². The quantitative estimate of drug-likeness (QED) is 0.400. The number of carbonyl (C=O) groups is 1. The van der Waals surface area contributed by atoms with Gasteiger partial charge < -0.3 is 9.15 Å². The molecule has 0 bridgehead atoms. The Morgan fingerprint density at radius 1 is 1.09 bits per heavy atom. The average Bonchev–Trinajstić information content (AvgIpc) is 3.43. The molecule has 4 rings (SSSR count). The van der Waals surface area contributed by atoms with E-state index in [0.29, 0.717) is 15.8 Å². The lowest BCUT2D eigenvalue weighted by Crippen LogP contribution is -2.23. The minimum Gasteiger partial charge on any atom is -0.468 e. The lowest BCUT2D eigenvalue weighted by atomic mass is 10.2. The highest BCUT2D eigenvalue weighted by molar-refractivity contribution is 7.89. The smallest absolute Gasteiger partial charge is 0.338 e. The van der Waals surface area contributed by atoms with Gasteiger partial charge in [0.2, 0.25) is 10.0 Å². The summed E-state index contributed by atoms with van der Waals surface area (Å²) in [6.45, 7) is -3.35. The minimum absolute atomic E-state index is 0.0235. The molecule has 166 valence electrons. The Morgan fingerprint density at radius 2 is 1.84 bits per heavy atom. The van der Waals surface area contributed by atoms with E-state index in [2.05, 4.69) is 9.71 Å². The standard InChI is InChI=1S/C21H17F2N3O5S/c22-21(23)26-18-6-2-1-5-17(18)25-19(26)13-31-20(27)14-7-9-16(10-8-14)32(28,29)24-12-15-4-3-11-30-15/h1-11,21,24H,12-13H2. The Kier molecular flexibility index (Phi) is 6.01. The van der Waals surface area contributed by atoms with E-state index in [-0.39, 0.29) is 28.3 Å². The van der Waals surface area contributed by atoms with Crippen LogP contribution < -0.4 is 4.72 Å². The van der Waals surface area contributed by atoms with Crippen molar-refractivity contribution in [2.75, 3.05) is 0 Å². The monoisotopic (exact) mass is 461 g/mol. The molecule has 2 aromatic heterocycles. The zero-order chi connectivity index (χ0) is 22.7. The summed E-state index contributed by atoms with van der Waals surface area (Å²) in [6.07, 6.45) is 1.43. The number of alkyl halides is 2. The summed E-state index contributed by atoms with van der Waals surface area (Å²) in [4.78, 5) is 16.4. The Bertz CT molecular complexity index is 1330. The molecular formula is C21H17F2N3O5S. The molecule has 0 radical (unpaired) electrons. The second-order valence-electron chi connectivity index (χ2n) is 6.67. The largest absolute Gasteiger partial charge is 0.468 e. The van der Waals surface area contributed by atoms with Crippen molar-refractivity contribution in [2.24, 2.45) is 0 Å². The van der Waals surface area contributed by atoms with E-state index in [9.17, 15) is 22.0 Å². The summed E-state index contributed by atoms with van der Waals surface area (Å²) in [5.74, 6) is -0.454. The van der Waals surface area contributed by atoms with Crippen molar-refractivity contribution in [2.45, 2.75) is 24.6 Å². The molecule has 0 unspecified atom stereocenters. The molecule has 1 N–H and O–H groups in total. The highest BCUT2D eigenvalue weighted by atomic mass is 32.2. The molecule has 0 amide bonds. The first-order valence-corrected chi connectivity index (χ1v) is 10.9. The van der Waals surface area contributed by atoms with Gasteiger partial charge in [0.05, 0.1) is 34.3 Å². The highest BCUT2D eigenvalue weighted by Crippen LogP contribution is 2.23. The molecule has 2 heterocycles.